The summed E-state index contributed by atoms with van der Waals surface area (Å²) in [5.74, 6) is 0.191. The van der Waals surface area contributed by atoms with E-state index in [0.717, 1.165) is 38.5 Å². The van der Waals surface area contributed by atoms with Crippen LogP contribution in [0.4, 0.5) is 0 Å². The van der Waals surface area contributed by atoms with Crippen LogP contribution in [-0.2, 0) is 9.47 Å². The van der Waals surface area contributed by atoms with Crippen LogP contribution < -0.4 is 0 Å². The Hall–Kier alpha value is -1.84. The predicted molar refractivity (Wildman–Crippen MR) is 118 cm³/mol. The van der Waals surface area contributed by atoms with E-state index in [2.05, 4.69) is 41.5 Å². The maximum absolute atomic E-state index is 13.0. The number of rotatable bonds is 4. The van der Waals surface area contributed by atoms with E-state index in [-0.39, 0.29) is 23.0 Å². The van der Waals surface area contributed by atoms with Gasteiger partial charge in [0.05, 0.1) is 11.1 Å². The molecule has 0 heterocycles. The van der Waals surface area contributed by atoms with Crippen molar-refractivity contribution in [2.45, 2.75) is 92.3 Å². The van der Waals surface area contributed by atoms with Gasteiger partial charge in [0.25, 0.3) is 0 Å². The minimum atomic E-state index is -0.421. The molecule has 2 saturated carbocycles. The minimum absolute atomic E-state index is 0.111. The number of carbonyl (C=O) groups excluding carboxylic acids is 2. The molecular weight excluding hydrogens is 376 g/mol. The van der Waals surface area contributed by atoms with Crippen LogP contribution >= 0.6 is 0 Å². The normalized spacial score (nSPS) is 30.3. The summed E-state index contributed by atoms with van der Waals surface area (Å²) in [6, 6.07) is 6.88. The SMILES string of the molecule is C[C@@H]1C[C@@H](OC(=O)c2ccccc2C(=O)O[C@H]2C[C@@H](C)CC(C)(C)C2)CC(C)(C)C1. The van der Waals surface area contributed by atoms with Gasteiger partial charge < -0.3 is 9.47 Å². The van der Waals surface area contributed by atoms with Gasteiger partial charge in [-0.3, -0.25) is 0 Å². The molecule has 0 radical (unpaired) electrons. The maximum atomic E-state index is 13.0. The molecule has 30 heavy (non-hydrogen) atoms. The highest BCUT2D eigenvalue weighted by Gasteiger charge is 2.36. The highest BCUT2D eigenvalue weighted by Crippen LogP contribution is 2.41. The highest BCUT2D eigenvalue weighted by atomic mass is 16.6. The second-order valence-electron chi connectivity index (χ2n) is 11.4. The van der Waals surface area contributed by atoms with Gasteiger partial charge in [0.1, 0.15) is 12.2 Å². The molecule has 2 fully saturated rings. The lowest BCUT2D eigenvalue weighted by molar-refractivity contribution is -0.0112. The van der Waals surface area contributed by atoms with Crippen LogP contribution in [0.15, 0.2) is 24.3 Å². The van der Waals surface area contributed by atoms with Crippen LogP contribution in [0.1, 0.15) is 101 Å². The van der Waals surface area contributed by atoms with Crippen LogP contribution in [0.2, 0.25) is 0 Å². The summed E-state index contributed by atoms with van der Waals surface area (Å²) in [4.78, 5) is 25.9. The van der Waals surface area contributed by atoms with Gasteiger partial charge in [-0.1, -0.05) is 53.7 Å². The number of carbonyl (C=O) groups is 2. The molecule has 166 valence electrons. The minimum Gasteiger partial charge on any atom is -0.459 e. The molecule has 2 aliphatic carbocycles. The van der Waals surface area contributed by atoms with Crippen molar-refractivity contribution in [1.82, 2.24) is 0 Å². The Bertz CT molecular complexity index is 714. The zero-order chi connectivity index (χ0) is 22.1. The number of ether oxygens (including phenoxy) is 2. The van der Waals surface area contributed by atoms with E-state index < -0.39 is 11.9 Å². The van der Waals surface area contributed by atoms with Gasteiger partial charge >= 0.3 is 11.9 Å². The summed E-state index contributed by atoms with van der Waals surface area (Å²) >= 11 is 0. The second kappa shape index (κ2) is 8.72. The van der Waals surface area contributed by atoms with E-state index in [9.17, 15) is 9.59 Å². The third-order valence-corrected chi connectivity index (χ3v) is 6.61. The van der Waals surface area contributed by atoms with Crippen molar-refractivity contribution in [3.8, 4) is 0 Å². The average Bonchev–Trinajstić information content (AvgIpc) is 2.58. The van der Waals surface area contributed by atoms with Crippen LogP contribution in [0, 0.1) is 22.7 Å². The molecule has 2 aliphatic rings. The monoisotopic (exact) mass is 414 g/mol. The molecule has 0 aliphatic heterocycles. The highest BCUT2D eigenvalue weighted by molar-refractivity contribution is 6.03. The Kier molecular flexibility index (Phi) is 6.64. The van der Waals surface area contributed by atoms with Gasteiger partial charge in [-0.05, 0) is 73.3 Å². The molecular formula is C26H38O4. The number of esters is 2. The summed E-state index contributed by atoms with van der Waals surface area (Å²) in [5, 5.41) is 0. The predicted octanol–water partition coefficient (Wildman–Crippen LogP) is 6.43. The van der Waals surface area contributed by atoms with Crippen LogP contribution in [0.3, 0.4) is 0 Å². The summed E-state index contributed by atoms with van der Waals surface area (Å²) in [5.41, 5.74) is 0.931. The Morgan fingerprint density at radius 1 is 0.733 bits per heavy atom. The van der Waals surface area contributed by atoms with E-state index in [1.807, 2.05) is 0 Å². The van der Waals surface area contributed by atoms with Gasteiger partial charge in [0.2, 0.25) is 0 Å². The number of benzene rings is 1. The first kappa shape index (κ1) is 22.8. The maximum Gasteiger partial charge on any atom is 0.339 e. The number of hydrogen-bond acceptors (Lipinski definition) is 4. The van der Waals surface area contributed by atoms with E-state index >= 15 is 0 Å². The zero-order valence-electron chi connectivity index (χ0n) is 19.5. The van der Waals surface area contributed by atoms with E-state index in [1.54, 1.807) is 24.3 Å². The van der Waals surface area contributed by atoms with Crippen molar-refractivity contribution in [3.63, 3.8) is 0 Å². The molecule has 1 aromatic rings. The summed E-state index contributed by atoms with van der Waals surface area (Å²) in [6.07, 6.45) is 5.50. The molecule has 1 aromatic carbocycles. The molecule has 4 atom stereocenters. The molecule has 0 unspecified atom stereocenters. The largest absolute Gasteiger partial charge is 0.459 e. The first-order chi connectivity index (χ1) is 13.9. The standard InChI is InChI=1S/C26H38O4/c1-17-11-19(15-25(3,4)13-17)29-23(27)21-9-7-8-10-22(21)24(28)30-20-12-18(2)14-26(5,6)16-20/h7-10,17-20H,11-16H2,1-6H3/t17-,18-,19-,20+/m1/s1. The van der Waals surface area contributed by atoms with Crippen LogP contribution in [-0.4, -0.2) is 24.1 Å². The van der Waals surface area contributed by atoms with Crippen molar-refractivity contribution in [2.24, 2.45) is 22.7 Å². The fourth-order valence-corrected chi connectivity index (χ4v) is 5.97. The topological polar surface area (TPSA) is 52.6 Å². The van der Waals surface area contributed by atoms with Crippen molar-refractivity contribution in [1.29, 1.82) is 0 Å². The Morgan fingerprint density at radius 2 is 1.10 bits per heavy atom. The fraction of sp³-hybridized carbons (Fsp3) is 0.692. The summed E-state index contributed by atoms with van der Waals surface area (Å²) < 4.78 is 11.7. The lowest BCUT2D eigenvalue weighted by Gasteiger charge is -2.38. The van der Waals surface area contributed by atoms with Crippen molar-refractivity contribution < 1.29 is 19.1 Å². The molecule has 4 nitrogen and oxygen atoms in total. The van der Waals surface area contributed by atoms with Gasteiger partial charge in [0.15, 0.2) is 0 Å². The van der Waals surface area contributed by atoms with E-state index in [1.165, 1.54) is 0 Å². The molecule has 0 aromatic heterocycles. The van der Waals surface area contributed by atoms with Gasteiger partial charge in [-0.25, -0.2) is 9.59 Å². The van der Waals surface area contributed by atoms with Crippen LogP contribution in [0.25, 0.3) is 0 Å². The third-order valence-electron chi connectivity index (χ3n) is 6.61. The first-order valence-electron chi connectivity index (χ1n) is 11.5. The first-order valence-corrected chi connectivity index (χ1v) is 11.5. The average molecular weight is 415 g/mol. The van der Waals surface area contributed by atoms with Crippen molar-refractivity contribution in [2.75, 3.05) is 0 Å². The van der Waals surface area contributed by atoms with Gasteiger partial charge in [0, 0.05) is 0 Å². The molecule has 0 saturated heterocycles. The molecule has 0 N–H and O–H groups in total. The lowest BCUT2D eigenvalue weighted by atomic mass is 9.71. The Labute approximate surface area is 181 Å². The molecule has 4 heteroatoms. The van der Waals surface area contributed by atoms with Gasteiger partial charge in [-0.15, -0.1) is 0 Å². The van der Waals surface area contributed by atoms with E-state index in [4.69, 9.17) is 9.47 Å². The third kappa shape index (κ3) is 5.86. The fourth-order valence-electron chi connectivity index (χ4n) is 5.97. The summed E-state index contributed by atoms with van der Waals surface area (Å²) in [7, 11) is 0. The molecule has 0 bridgehead atoms. The zero-order valence-corrected chi connectivity index (χ0v) is 19.5. The summed E-state index contributed by atoms with van der Waals surface area (Å²) in [6.45, 7) is 13.3. The van der Waals surface area contributed by atoms with E-state index in [0.29, 0.717) is 23.0 Å². The lowest BCUT2D eigenvalue weighted by Crippen LogP contribution is -2.35. The number of hydrogen-bond donors (Lipinski definition) is 0. The molecule has 0 spiro atoms. The second-order valence-corrected chi connectivity index (χ2v) is 11.4. The Balaban J connectivity index is 1.70. The smallest absolute Gasteiger partial charge is 0.339 e. The quantitative estimate of drug-likeness (QED) is 0.533. The van der Waals surface area contributed by atoms with Crippen molar-refractivity contribution in [3.05, 3.63) is 35.4 Å². The molecule has 3 rings (SSSR count). The Morgan fingerprint density at radius 3 is 1.43 bits per heavy atom. The van der Waals surface area contributed by atoms with Crippen LogP contribution in [0.5, 0.6) is 0 Å². The van der Waals surface area contributed by atoms with Crippen molar-refractivity contribution >= 4 is 11.9 Å². The van der Waals surface area contributed by atoms with Gasteiger partial charge in [-0.2, -0.15) is 0 Å². The molecule has 0 amide bonds.